The van der Waals surface area contributed by atoms with Gasteiger partial charge >= 0.3 is 0 Å². The molecular weight excluding hydrogens is 636 g/mol. The number of amides is 3. The second kappa shape index (κ2) is 14.8. The van der Waals surface area contributed by atoms with Crippen molar-refractivity contribution in [3.63, 3.8) is 0 Å². The van der Waals surface area contributed by atoms with E-state index in [-0.39, 0.29) is 30.7 Å². The Balaban J connectivity index is 1.12. The third-order valence-electron chi connectivity index (χ3n) is 9.34. The summed E-state index contributed by atoms with van der Waals surface area (Å²) in [5, 5.41) is 4.14. The van der Waals surface area contributed by atoms with Gasteiger partial charge in [-0.15, -0.1) is 0 Å². The van der Waals surface area contributed by atoms with Crippen molar-refractivity contribution < 1.29 is 23.9 Å². The molecule has 13 heteroatoms. The lowest BCUT2D eigenvalue weighted by Crippen LogP contribution is -2.40. The van der Waals surface area contributed by atoms with Crippen LogP contribution in [-0.2, 0) is 16.1 Å². The summed E-state index contributed by atoms with van der Waals surface area (Å²) in [4.78, 5) is 55.4. The minimum Gasteiger partial charge on any atom is -0.495 e. The Morgan fingerprint density at radius 2 is 1.72 bits per heavy atom. The van der Waals surface area contributed by atoms with Crippen LogP contribution in [0.15, 0.2) is 85.6 Å². The highest BCUT2D eigenvalue weighted by Gasteiger charge is 2.38. The minimum absolute atomic E-state index is 0.0553. The van der Waals surface area contributed by atoms with Crippen molar-refractivity contribution in [3.8, 4) is 22.9 Å². The van der Waals surface area contributed by atoms with Gasteiger partial charge in [-0.3, -0.25) is 14.4 Å². The number of fused-ring (bicyclic) bond motifs is 5. The normalized spacial score (nSPS) is 17.7. The highest BCUT2D eigenvalue weighted by atomic mass is 16.5. The molecule has 3 aromatic heterocycles. The van der Waals surface area contributed by atoms with Crippen LogP contribution in [0.4, 0.5) is 5.69 Å². The molecular formula is C37H40N8O5. The summed E-state index contributed by atoms with van der Waals surface area (Å²) in [6.45, 7) is 3.22. The van der Waals surface area contributed by atoms with Gasteiger partial charge in [-0.2, -0.15) is 5.10 Å². The van der Waals surface area contributed by atoms with E-state index in [0.717, 1.165) is 17.1 Å². The van der Waals surface area contributed by atoms with Crippen molar-refractivity contribution in [3.05, 3.63) is 91.1 Å². The average molecular weight is 677 g/mol. The number of hydrogen-bond acceptors (Lipinski definition) is 8. The van der Waals surface area contributed by atoms with Crippen molar-refractivity contribution in [2.75, 3.05) is 51.3 Å². The van der Waals surface area contributed by atoms with E-state index in [4.69, 9.17) is 9.47 Å². The number of rotatable bonds is 4. The van der Waals surface area contributed by atoms with E-state index in [1.807, 2.05) is 69.1 Å². The van der Waals surface area contributed by atoms with E-state index in [9.17, 15) is 14.4 Å². The van der Waals surface area contributed by atoms with Gasteiger partial charge in [0, 0.05) is 75.4 Å². The number of benzene rings is 2. The number of imidazole rings is 1. The summed E-state index contributed by atoms with van der Waals surface area (Å²) in [6, 6.07) is 18.7. The molecule has 0 N–H and O–H groups in total. The zero-order valence-corrected chi connectivity index (χ0v) is 28.1. The van der Waals surface area contributed by atoms with Gasteiger partial charge in [-0.25, -0.2) is 14.5 Å². The Labute approximate surface area is 290 Å². The molecule has 2 aliphatic rings. The molecule has 7 rings (SSSR count). The number of methoxy groups -OCH3 is 1. The molecule has 1 fully saturated rings. The Morgan fingerprint density at radius 1 is 0.880 bits per heavy atom. The number of carbonyl (C=O) groups is 3. The molecule has 2 aliphatic heterocycles. The molecule has 1 unspecified atom stereocenters. The summed E-state index contributed by atoms with van der Waals surface area (Å²) >= 11 is 0. The molecule has 2 bridgehead atoms. The first kappa shape index (κ1) is 32.8. The zero-order valence-electron chi connectivity index (χ0n) is 28.1. The molecule has 13 nitrogen and oxygen atoms in total. The minimum atomic E-state index is -0.484. The molecule has 50 heavy (non-hydrogen) atoms. The molecule has 5 heterocycles. The first-order chi connectivity index (χ1) is 24.5. The van der Waals surface area contributed by atoms with Crippen molar-refractivity contribution in [1.82, 2.24) is 33.9 Å². The SMILES string of the molecule is COc1ccccc1N1CC(C(=O)N2CCCCN(C(=O)c3ccn4ncnc4c3)CCCOc3cccc(c3)-c3nccn3CC2)CC1=O. The second-order valence-corrected chi connectivity index (χ2v) is 12.6. The molecule has 0 saturated carbocycles. The number of para-hydroxylation sites is 2. The van der Waals surface area contributed by atoms with Gasteiger partial charge in [0.2, 0.25) is 11.8 Å². The Hall–Kier alpha value is -5.72. The highest BCUT2D eigenvalue weighted by Crippen LogP contribution is 2.33. The van der Waals surface area contributed by atoms with Crippen LogP contribution in [-0.4, -0.2) is 98.1 Å². The average Bonchev–Trinajstić information content (AvgIpc) is 3.91. The largest absolute Gasteiger partial charge is 0.495 e. The van der Waals surface area contributed by atoms with Crippen molar-refractivity contribution in [2.45, 2.75) is 32.2 Å². The van der Waals surface area contributed by atoms with E-state index in [0.29, 0.717) is 81.2 Å². The lowest BCUT2D eigenvalue weighted by molar-refractivity contribution is -0.136. The van der Waals surface area contributed by atoms with Crippen LogP contribution in [0.5, 0.6) is 11.5 Å². The number of nitrogens with zero attached hydrogens (tertiary/aromatic N) is 8. The lowest BCUT2D eigenvalue weighted by Gasteiger charge is -2.27. The van der Waals surface area contributed by atoms with Gasteiger partial charge in [0.1, 0.15) is 23.7 Å². The van der Waals surface area contributed by atoms with Crippen LogP contribution >= 0.6 is 0 Å². The molecule has 3 amide bonds. The third kappa shape index (κ3) is 7.02. The molecule has 2 aromatic carbocycles. The maximum Gasteiger partial charge on any atom is 0.254 e. The van der Waals surface area contributed by atoms with E-state index in [1.165, 1.54) is 6.33 Å². The summed E-state index contributed by atoms with van der Waals surface area (Å²) in [7, 11) is 1.58. The van der Waals surface area contributed by atoms with Crippen molar-refractivity contribution in [2.24, 2.45) is 5.92 Å². The number of aromatic nitrogens is 5. The molecule has 1 saturated heterocycles. The number of pyridine rings is 1. The van der Waals surface area contributed by atoms with Gasteiger partial charge < -0.3 is 28.7 Å². The smallest absolute Gasteiger partial charge is 0.254 e. The van der Waals surface area contributed by atoms with Gasteiger partial charge in [0.15, 0.2) is 5.65 Å². The summed E-state index contributed by atoms with van der Waals surface area (Å²) in [5.74, 6) is 1.37. The molecule has 0 spiro atoms. The summed E-state index contributed by atoms with van der Waals surface area (Å²) in [5.41, 5.74) is 2.72. The second-order valence-electron chi connectivity index (χ2n) is 12.6. The fourth-order valence-corrected chi connectivity index (χ4v) is 6.75. The topological polar surface area (TPSA) is 127 Å². The Morgan fingerprint density at radius 3 is 2.60 bits per heavy atom. The predicted molar refractivity (Wildman–Crippen MR) is 186 cm³/mol. The van der Waals surface area contributed by atoms with Crippen LogP contribution in [0.25, 0.3) is 17.0 Å². The highest BCUT2D eigenvalue weighted by molar-refractivity contribution is 6.01. The molecule has 258 valence electrons. The van der Waals surface area contributed by atoms with Crippen molar-refractivity contribution >= 4 is 29.1 Å². The molecule has 1 atom stereocenters. The van der Waals surface area contributed by atoms with Crippen LogP contribution < -0.4 is 14.4 Å². The van der Waals surface area contributed by atoms with E-state index < -0.39 is 5.92 Å². The Bertz CT molecular complexity index is 1990. The first-order valence-electron chi connectivity index (χ1n) is 17.0. The van der Waals surface area contributed by atoms with Gasteiger partial charge in [0.25, 0.3) is 5.91 Å². The fourth-order valence-electron chi connectivity index (χ4n) is 6.75. The van der Waals surface area contributed by atoms with Gasteiger partial charge in [-0.1, -0.05) is 24.3 Å². The maximum absolute atomic E-state index is 14.2. The fraction of sp³-hybridized carbons (Fsp3) is 0.351. The zero-order chi connectivity index (χ0) is 34.5. The number of hydrogen-bond donors (Lipinski definition) is 0. The Kier molecular flexibility index (Phi) is 9.72. The summed E-state index contributed by atoms with van der Waals surface area (Å²) in [6.07, 6.45) is 9.03. The van der Waals surface area contributed by atoms with Crippen LogP contribution in [0.3, 0.4) is 0 Å². The van der Waals surface area contributed by atoms with Gasteiger partial charge in [0.05, 0.1) is 25.3 Å². The quantitative estimate of drug-likeness (QED) is 0.278. The summed E-state index contributed by atoms with van der Waals surface area (Å²) < 4.78 is 15.3. The predicted octanol–water partition coefficient (Wildman–Crippen LogP) is 4.19. The first-order valence-corrected chi connectivity index (χ1v) is 17.0. The standard InChI is InChI=1S/C37H40N8O5/c1-49-32-11-3-2-10-31(32)44-25-29(24-34(44)46)37(48)43-15-5-4-14-42(36(47)28-12-17-45-33(23-28)39-26-40-45)16-7-21-50-30-9-6-8-27(22-30)35-38-13-18-41(35)19-20-43/h2-3,6,8-13,17-18,22-23,26,29H,4-5,7,14-16,19-21,24-25H2,1H3. The van der Waals surface area contributed by atoms with E-state index in [2.05, 4.69) is 15.1 Å². The van der Waals surface area contributed by atoms with E-state index >= 15 is 0 Å². The van der Waals surface area contributed by atoms with Crippen LogP contribution in [0.2, 0.25) is 0 Å². The lowest BCUT2D eigenvalue weighted by atomic mass is 10.1. The monoisotopic (exact) mass is 676 g/mol. The van der Waals surface area contributed by atoms with Crippen molar-refractivity contribution in [1.29, 1.82) is 0 Å². The molecule has 0 radical (unpaired) electrons. The number of ether oxygens (including phenoxy) is 2. The van der Waals surface area contributed by atoms with Crippen LogP contribution in [0.1, 0.15) is 36.0 Å². The maximum atomic E-state index is 14.2. The molecule has 5 aromatic rings. The van der Waals surface area contributed by atoms with Crippen LogP contribution in [0, 0.1) is 5.92 Å². The van der Waals surface area contributed by atoms with Gasteiger partial charge in [-0.05, 0) is 55.7 Å². The number of anilines is 1. The number of carbonyl (C=O) groups excluding carboxylic acids is 3. The molecule has 0 aliphatic carbocycles. The third-order valence-corrected chi connectivity index (χ3v) is 9.34. The van der Waals surface area contributed by atoms with E-state index in [1.54, 1.807) is 41.1 Å².